The van der Waals surface area contributed by atoms with Gasteiger partial charge in [-0.2, -0.15) is 5.10 Å². The first-order valence-corrected chi connectivity index (χ1v) is 7.29. The number of ether oxygens (including phenoxy) is 1. The molecule has 0 aromatic carbocycles. The molecule has 0 spiro atoms. The summed E-state index contributed by atoms with van der Waals surface area (Å²) in [4.78, 5) is 0. The van der Waals surface area contributed by atoms with Crippen LogP contribution in [0.5, 0.6) is 5.75 Å². The molecule has 0 N–H and O–H groups in total. The molecular weight excluding hydrogens is 240 g/mol. The molecule has 5 nitrogen and oxygen atoms in total. The van der Waals surface area contributed by atoms with E-state index in [0.717, 1.165) is 6.54 Å². The van der Waals surface area contributed by atoms with Crippen molar-refractivity contribution < 1.29 is 13.2 Å². The van der Waals surface area contributed by atoms with Crippen molar-refractivity contribution in [2.45, 2.75) is 39.0 Å². The highest BCUT2D eigenvalue weighted by molar-refractivity contribution is 7.92. The second-order valence-electron chi connectivity index (χ2n) is 4.81. The van der Waals surface area contributed by atoms with Crippen LogP contribution in [0.1, 0.15) is 27.7 Å². The van der Waals surface area contributed by atoms with Crippen molar-refractivity contribution in [2.75, 3.05) is 12.4 Å². The first-order chi connectivity index (χ1) is 7.76. The Kier molecular flexibility index (Phi) is 4.19. The summed E-state index contributed by atoms with van der Waals surface area (Å²) in [6.07, 6.45) is 3.34. The molecule has 1 rings (SSSR count). The van der Waals surface area contributed by atoms with Crippen molar-refractivity contribution in [3.63, 3.8) is 0 Å². The van der Waals surface area contributed by atoms with Crippen LogP contribution in [0.3, 0.4) is 0 Å². The third-order valence-electron chi connectivity index (χ3n) is 2.49. The second kappa shape index (κ2) is 5.08. The quantitative estimate of drug-likeness (QED) is 0.805. The number of nitrogens with zero attached hydrogens (tertiary/aromatic N) is 2. The van der Waals surface area contributed by atoms with Crippen LogP contribution in [-0.4, -0.2) is 35.3 Å². The molecule has 0 atom stereocenters. The molecule has 1 aromatic rings. The van der Waals surface area contributed by atoms with Gasteiger partial charge in [0.25, 0.3) is 0 Å². The van der Waals surface area contributed by atoms with Gasteiger partial charge >= 0.3 is 0 Å². The first-order valence-electron chi connectivity index (χ1n) is 5.64. The van der Waals surface area contributed by atoms with Gasteiger partial charge in [-0.25, -0.2) is 8.42 Å². The summed E-state index contributed by atoms with van der Waals surface area (Å²) in [5, 5.41) is 4.04. The molecule has 98 valence electrons. The van der Waals surface area contributed by atoms with Crippen molar-refractivity contribution in [1.82, 2.24) is 9.78 Å². The first kappa shape index (κ1) is 14.0. The Balaban J connectivity index is 2.48. The predicted molar refractivity (Wildman–Crippen MR) is 66.9 cm³/mol. The topological polar surface area (TPSA) is 61.2 Å². The Bertz CT molecular complexity index is 457. The van der Waals surface area contributed by atoms with Gasteiger partial charge in [0.2, 0.25) is 0 Å². The molecule has 0 fully saturated rings. The molecule has 0 amide bonds. The monoisotopic (exact) mass is 260 g/mol. The zero-order chi connectivity index (χ0) is 13.1. The fraction of sp³-hybridized carbons (Fsp3) is 0.727. The highest BCUT2D eigenvalue weighted by atomic mass is 32.2. The molecule has 0 saturated carbocycles. The third kappa shape index (κ3) is 3.73. The molecule has 17 heavy (non-hydrogen) atoms. The summed E-state index contributed by atoms with van der Waals surface area (Å²) in [6.45, 7) is 7.98. The number of hydrogen-bond donors (Lipinski definition) is 0. The normalized spacial score (nSPS) is 12.7. The minimum atomic E-state index is -3.12. The molecule has 0 bridgehead atoms. The Morgan fingerprint density at radius 3 is 2.53 bits per heavy atom. The predicted octanol–water partition coefficient (Wildman–Crippen LogP) is 1.50. The van der Waals surface area contributed by atoms with Crippen molar-refractivity contribution >= 4 is 9.84 Å². The number of hydrogen-bond acceptors (Lipinski definition) is 4. The lowest BCUT2D eigenvalue weighted by molar-refractivity contribution is 0.339. The average Bonchev–Trinajstić information content (AvgIpc) is 2.63. The Hall–Kier alpha value is -1.04. The van der Waals surface area contributed by atoms with Crippen molar-refractivity contribution in [1.29, 1.82) is 0 Å². The molecule has 1 heterocycles. The van der Waals surface area contributed by atoms with Gasteiger partial charge in [-0.1, -0.05) is 0 Å². The summed E-state index contributed by atoms with van der Waals surface area (Å²) in [5.74, 6) is 0.629. The lowest BCUT2D eigenvalue weighted by Crippen LogP contribution is -2.32. The average molecular weight is 260 g/mol. The summed E-state index contributed by atoms with van der Waals surface area (Å²) in [7, 11) is -3.12. The van der Waals surface area contributed by atoms with Crippen molar-refractivity contribution in [2.24, 2.45) is 0 Å². The highest BCUT2D eigenvalue weighted by Gasteiger charge is 2.28. The van der Waals surface area contributed by atoms with Crippen molar-refractivity contribution in [3.05, 3.63) is 12.4 Å². The van der Waals surface area contributed by atoms with Gasteiger partial charge in [0.1, 0.15) is 6.61 Å². The van der Waals surface area contributed by atoms with Crippen LogP contribution in [0.15, 0.2) is 12.4 Å². The van der Waals surface area contributed by atoms with Crippen molar-refractivity contribution in [3.8, 4) is 5.75 Å². The van der Waals surface area contributed by atoms with Crippen LogP contribution in [0.4, 0.5) is 0 Å². The number of aromatic nitrogens is 2. The SMILES string of the molecule is CCn1cc(OCCS(=O)(=O)C(C)(C)C)cn1. The van der Waals surface area contributed by atoms with Crippen LogP contribution >= 0.6 is 0 Å². The second-order valence-corrected chi connectivity index (χ2v) is 7.67. The van der Waals surface area contributed by atoms with Crippen LogP contribution in [-0.2, 0) is 16.4 Å². The fourth-order valence-corrected chi connectivity index (χ4v) is 2.08. The maximum absolute atomic E-state index is 11.8. The van der Waals surface area contributed by atoms with Gasteiger partial charge in [0, 0.05) is 6.54 Å². The summed E-state index contributed by atoms with van der Waals surface area (Å²) in [5.41, 5.74) is 0. The zero-order valence-electron chi connectivity index (χ0n) is 10.8. The van der Waals surface area contributed by atoms with E-state index in [1.54, 1.807) is 37.8 Å². The van der Waals surface area contributed by atoms with E-state index < -0.39 is 14.6 Å². The van der Waals surface area contributed by atoms with E-state index in [2.05, 4.69) is 5.10 Å². The maximum atomic E-state index is 11.8. The maximum Gasteiger partial charge on any atom is 0.158 e. The molecule has 6 heteroatoms. The molecule has 0 unspecified atom stereocenters. The van der Waals surface area contributed by atoms with E-state index >= 15 is 0 Å². The molecule has 0 aliphatic carbocycles. The van der Waals surface area contributed by atoms with Gasteiger partial charge in [0.15, 0.2) is 15.6 Å². The van der Waals surface area contributed by atoms with Gasteiger partial charge in [-0.15, -0.1) is 0 Å². The minimum Gasteiger partial charge on any atom is -0.489 e. The summed E-state index contributed by atoms with van der Waals surface area (Å²) >= 11 is 0. The smallest absolute Gasteiger partial charge is 0.158 e. The standard InChI is InChI=1S/C11H20N2O3S/c1-5-13-9-10(8-12-13)16-6-7-17(14,15)11(2,3)4/h8-9H,5-7H2,1-4H3. The zero-order valence-corrected chi connectivity index (χ0v) is 11.6. The molecule has 0 saturated heterocycles. The third-order valence-corrected chi connectivity index (χ3v) is 5.06. The Labute approximate surface area is 103 Å². The lowest BCUT2D eigenvalue weighted by Gasteiger charge is -2.18. The molecule has 0 radical (unpaired) electrons. The van der Waals surface area contributed by atoms with Crippen LogP contribution in [0, 0.1) is 0 Å². The van der Waals surface area contributed by atoms with Crippen LogP contribution in [0.25, 0.3) is 0 Å². The van der Waals surface area contributed by atoms with E-state index in [1.807, 2.05) is 6.92 Å². The van der Waals surface area contributed by atoms with E-state index in [1.165, 1.54) is 0 Å². The number of sulfone groups is 1. The number of rotatable bonds is 5. The molecule has 1 aromatic heterocycles. The Morgan fingerprint density at radius 1 is 1.41 bits per heavy atom. The summed E-state index contributed by atoms with van der Waals surface area (Å²) in [6, 6.07) is 0. The van der Waals surface area contributed by atoms with Gasteiger partial charge in [-0.05, 0) is 27.7 Å². The van der Waals surface area contributed by atoms with E-state index in [4.69, 9.17) is 4.74 Å². The highest BCUT2D eigenvalue weighted by Crippen LogP contribution is 2.16. The van der Waals surface area contributed by atoms with Gasteiger partial charge in [0.05, 0.1) is 22.9 Å². The van der Waals surface area contributed by atoms with E-state index in [0.29, 0.717) is 5.75 Å². The van der Waals surface area contributed by atoms with E-state index in [-0.39, 0.29) is 12.4 Å². The fourth-order valence-electron chi connectivity index (χ4n) is 1.17. The van der Waals surface area contributed by atoms with Gasteiger partial charge in [-0.3, -0.25) is 4.68 Å². The largest absolute Gasteiger partial charge is 0.489 e. The van der Waals surface area contributed by atoms with Crippen LogP contribution in [0.2, 0.25) is 0 Å². The molecule has 0 aliphatic rings. The van der Waals surface area contributed by atoms with E-state index in [9.17, 15) is 8.42 Å². The number of aryl methyl sites for hydroxylation is 1. The molecule has 0 aliphatic heterocycles. The van der Waals surface area contributed by atoms with Crippen LogP contribution < -0.4 is 4.74 Å². The lowest BCUT2D eigenvalue weighted by atomic mass is 10.3. The Morgan fingerprint density at radius 2 is 2.06 bits per heavy atom. The molecular formula is C11H20N2O3S. The summed E-state index contributed by atoms with van der Waals surface area (Å²) < 4.78 is 30.0. The van der Waals surface area contributed by atoms with Gasteiger partial charge < -0.3 is 4.74 Å². The minimum absolute atomic E-state index is 0.0216.